The summed E-state index contributed by atoms with van der Waals surface area (Å²) in [4.78, 5) is 0. The molecule has 0 spiro atoms. The van der Waals surface area contributed by atoms with Gasteiger partial charge in [0.2, 0.25) is 0 Å². The quantitative estimate of drug-likeness (QED) is 0.649. The van der Waals surface area contributed by atoms with Crippen LogP contribution >= 0.6 is 15.9 Å². The van der Waals surface area contributed by atoms with Crippen molar-refractivity contribution in [2.75, 3.05) is 7.11 Å². The Bertz CT molecular complexity index is 754. The van der Waals surface area contributed by atoms with E-state index in [2.05, 4.69) is 28.1 Å². The van der Waals surface area contributed by atoms with Crippen molar-refractivity contribution in [3.8, 4) is 11.5 Å². The zero-order chi connectivity index (χ0) is 14.7. The maximum absolute atomic E-state index is 6.03. The van der Waals surface area contributed by atoms with Gasteiger partial charge in [-0.15, -0.1) is 0 Å². The number of rotatable bonds is 4. The van der Waals surface area contributed by atoms with Gasteiger partial charge in [-0.25, -0.2) is 0 Å². The van der Waals surface area contributed by atoms with Crippen molar-refractivity contribution in [2.45, 2.75) is 6.61 Å². The lowest BCUT2D eigenvalue weighted by Gasteiger charge is -2.13. The van der Waals surface area contributed by atoms with Crippen LogP contribution in [0.25, 0.3) is 10.8 Å². The zero-order valence-corrected chi connectivity index (χ0v) is 13.3. The van der Waals surface area contributed by atoms with Crippen LogP contribution in [-0.4, -0.2) is 7.11 Å². The van der Waals surface area contributed by atoms with Crippen molar-refractivity contribution in [1.29, 1.82) is 0 Å². The molecule has 3 aromatic carbocycles. The Morgan fingerprint density at radius 1 is 0.857 bits per heavy atom. The second-order valence-corrected chi connectivity index (χ2v) is 5.56. The van der Waals surface area contributed by atoms with Crippen molar-refractivity contribution in [2.24, 2.45) is 0 Å². The first kappa shape index (κ1) is 14.0. The normalized spacial score (nSPS) is 10.6. The average molecular weight is 343 g/mol. The first-order valence-electron chi connectivity index (χ1n) is 6.71. The van der Waals surface area contributed by atoms with Gasteiger partial charge in [0.15, 0.2) is 0 Å². The molecule has 0 aliphatic heterocycles. The summed E-state index contributed by atoms with van der Waals surface area (Å²) in [6, 6.07) is 20.1. The van der Waals surface area contributed by atoms with E-state index in [1.807, 2.05) is 48.5 Å². The molecule has 3 aromatic rings. The molecule has 0 aliphatic rings. The van der Waals surface area contributed by atoms with Gasteiger partial charge in [0.1, 0.15) is 18.1 Å². The number of benzene rings is 3. The Kier molecular flexibility index (Phi) is 4.11. The Morgan fingerprint density at radius 2 is 1.67 bits per heavy atom. The van der Waals surface area contributed by atoms with Crippen LogP contribution in [0.1, 0.15) is 5.56 Å². The van der Waals surface area contributed by atoms with Crippen molar-refractivity contribution in [3.05, 3.63) is 70.7 Å². The summed E-state index contributed by atoms with van der Waals surface area (Å²) in [6.45, 7) is 0.537. The molecule has 0 saturated heterocycles. The molecule has 0 amide bonds. The molecule has 0 bridgehead atoms. The van der Waals surface area contributed by atoms with Gasteiger partial charge in [0.25, 0.3) is 0 Å². The zero-order valence-electron chi connectivity index (χ0n) is 11.7. The van der Waals surface area contributed by atoms with Crippen molar-refractivity contribution in [1.82, 2.24) is 0 Å². The van der Waals surface area contributed by atoms with E-state index < -0.39 is 0 Å². The first-order chi connectivity index (χ1) is 10.3. The van der Waals surface area contributed by atoms with Crippen molar-refractivity contribution in [3.63, 3.8) is 0 Å². The van der Waals surface area contributed by atoms with E-state index in [0.717, 1.165) is 32.3 Å². The van der Waals surface area contributed by atoms with Crippen LogP contribution in [0.3, 0.4) is 0 Å². The Labute approximate surface area is 132 Å². The summed E-state index contributed by atoms with van der Waals surface area (Å²) in [5.74, 6) is 1.69. The van der Waals surface area contributed by atoms with Crippen LogP contribution in [0.4, 0.5) is 0 Å². The highest BCUT2D eigenvalue weighted by Gasteiger charge is 2.10. The molecule has 0 unspecified atom stereocenters. The molecule has 21 heavy (non-hydrogen) atoms. The van der Waals surface area contributed by atoms with Crippen LogP contribution in [0.15, 0.2) is 65.1 Å². The largest absolute Gasteiger partial charge is 0.496 e. The fourth-order valence-electron chi connectivity index (χ4n) is 2.33. The number of ether oxygens (including phenoxy) is 2. The minimum Gasteiger partial charge on any atom is -0.496 e. The molecule has 106 valence electrons. The highest BCUT2D eigenvalue weighted by molar-refractivity contribution is 9.10. The third-order valence-corrected chi connectivity index (χ3v) is 3.99. The number of halogens is 1. The molecule has 0 atom stereocenters. The topological polar surface area (TPSA) is 18.5 Å². The lowest BCUT2D eigenvalue weighted by atomic mass is 10.1. The summed E-state index contributed by atoms with van der Waals surface area (Å²) in [5.41, 5.74) is 1.14. The van der Waals surface area contributed by atoms with E-state index >= 15 is 0 Å². The van der Waals surface area contributed by atoms with Gasteiger partial charge in [-0.05, 0) is 39.7 Å². The third kappa shape index (κ3) is 2.88. The Hall–Kier alpha value is -2.00. The fraction of sp³-hybridized carbons (Fsp3) is 0.111. The number of fused-ring (bicyclic) bond motifs is 1. The molecule has 0 N–H and O–H groups in total. The lowest BCUT2D eigenvalue weighted by Crippen LogP contribution is -1.97. The van der Waals surface area contributed by atoms with Gasteiger partial charge in [-0.2, -0.15) is 0 Å². The molecule has 2 nitrogen and oxygen atoms in total. The second kappa shape index (κ2) is 6.19. The SMILES string of the molecule is COc1cccc2c(OCc3ccccc3)c(Br)ccc12. The van der Waals surface area contributed by atoms with Crippen LogP contribution in [-0.2, 0) is 6.61 Å². The minimum absolute atomic E-state index is 0.537. The summed E-state index contributed by atoms with van der Waals surface area (Å²) in [6.07, 6.45) is 0. The van der Waals surface area contributed by atoms with Gasteiger partial charge < -0.3 is 9.47 Å². The van der Waals surface area contributed by atoms with Crippen LogP contribution < -0.4 is 9.47 Å². The van der Waals surface area contributed by atoms with E-state index in [4.69, 9.17) is 9.47 Å². The number of methoxy groups -OCH3 is 1. The van der Waals surface area contributed by atoms with Crippen LogP contribution in [0.5, 0.6) is 11.5 Å². The lowest BCUT2D eigenvalue weighted by molar-refractivity contribution is 0.308. The summed E-state index contributed by atoms with van der Waals surface area (Å²) < 4.78 is 12.4. The predicted octanol–water partition coefficient (Wildman–Crippen LogP) is 5.19. The minimum atomic E-state index is 0.537. The average Bonchev–Trinajstić information content (AvgIpc) is 2.54. The monoisotopic (exact) mass is 342 g/mol. The van der Waals surface area contributed by atoms with Gasteiger partial charge in [0.05, 0.1) is 11.6 Å². The van der Waals surface area contributed by atoms with Crippen LogP contribution in [0, 0.1) is 0 Å². The molecule has 0 radical (unpaired) electrons. The predicted molar refractivity (Wildman–Crippen MR) is 89.0 cm³/mol. The van der Waals surface area contributed by atoms with E-state index in [1.54, 1.807) is 7.11 Å². The van der Waals surface area contributed by atoms with Gasteiger partial charge >= 0.3 is 0 Å². The van der Waals surface area contributed by atoms with Crippen molar-refractivity contribution >= 4 is 26.7 Å². The smallest absolute Gasteiger partial charge is 0.141 e. The van der Waals surface area contributed by atoms with Gasteiger partial charge in [-0.3, -0.25) is 0 Å². The molecule has 0 aromatic heterocycles. The maximum Gasteiger partial charge on any atom is 0.141 e. The summed E-state index contributed by atoms with van der Waals surface area (Å²) >= 11 is 3.57. The molecule has 0 saturated carbocycles. The third-order valence-electron chi connectivity index (χ3n) is 3.37. The van der Waals surface area contributed by atoms with Gasteiger partial charge in [-0.1, -0.05) is 42.5 Å². The molecule has 0 aliphatic carbocycles. The number of hydrogen-bond donors (Lipinski definition) is 0. The van der Waals surface area contributed by atoms with E-state index in [9.17, 15) is 0 Å². The van der Waals surface area contributed by atoms with E-state index in [1.165, 1.54) is 0 Å². The molecule has 3 rings (SSSR count). The van der Waals surface area contributed by atoms with Crippen LogP contribution in [0.2, 0.25) is 0 Å². The molecular weight excluding hydrogens is 328 g/mol. The Balaban J connectivity index is 1.99. The van der Waals surface area contributed by atoms with Crippen molar-refractivity contribution < 1.29 is 9.47 Å². The molecule has 0 heterocycles. The molecular formula is C18H15BrO2. The van der Waals surface area contributed by atoms with E-state index in [0.29, 0.717) is 6.61 Å². The van der Waals surface area contributed by atoms with Gasteiger partial charge in [0, 0.05) is 10.8 Å². The molecule has 3 heteroatoms. The Morgan fingerprint density at radius 3 is 2.43 bits per heavy atom. The molecule has 0 fully saturated rings. The summed E-state index contributed by atoms with van der Waals surface area (Å²) in [7, 11) is 1.68. The fourth-order valence-corrected chi connectivity index (χ4v) is 2.79. The maximum atomic E-state index is 6.03. The second-order valence-electron chi connectivity index (χ2n) is 4.71. The highest BCUT2D eigenvalue weighted by atomic mass is 79.9. The van der Waals surface area contributed by atoms with E-state index in [-0.39, 0.29) is 0 Å². The summed E-state index contributed by atoms with van der Waals surface area (Å²) in [5, 5.41) is 2.09. The standard InChI is InChI=1S/C18H15BrO2/c1-20-17-9-5-8-15-14(17)10-11-16(19)18(15)21-12-13-6-3-2-4-7-13/h2-11H,12H2,1H3. The first-order valence-corrected chi connectivity index (χ1v) is 7.51. The number of hydrogen-bond acceptors (Lipinski definition) is 2. The highest BCUT2D eigenvalue weighted by Crippen LogP contribution is 2.37.